The van der Waals surface area contributed by atoms with Crippen LogP contribution in [0, 0.1) is 0 Å². The van der Waals surface area contributed by atoms with Crippen LogP contribution in [0.1, 0.15) is 39.2 Å². The summed E-state index contributed by atoms with van der Waals surface area (Å²) in [6.07, 6.45) is 4.13. The van der Waals surface area contributed by atoms with Gasteiger partial charge in [0.1, 0.15) is 0 Å². The number of pyridine rings is 1. The molecule has 0 aliphatic carbocycles. The largest absolute Gasteiger partial charge is 0.481 e. The molecular weight excluding hydrogens is 302 g/mol. The van der Waals surface area contributed by atoms with Gasteiger partial charge in [-0.1, -0.05) is 19.9 Å². The van der Waals surface area contributed by atoms with Crippen molar-refractivity contribution in [1.82, 2.24) is 20.5 Å². The van der Waals surface area contributed by atoms with Crippen molar-refractivity contribution in [3.05, 3.63) is 23.9 Å². The Hall–Kier alpha value is -1.82. The number of rotatable bonds is 10. The van der Waals surface area contributed by atoms with Crippen LogP contribution in [-0.2, 0) is 6.54 Å². The number of nitrogens with zero attached hydrogens (tertiary/aromatic N) is 3. The number of hydrogen-bond donors (Lipinski definition) is 2. The average Bonchev–Trinajstić information content (AvgIpc) is 2.62. The third kappa shape index (κ3) is 7.64. The third-order valence-corrected chi connectivity index (χ3v) is 4.08. The Morgan fingerprint density at radius 3 is 2.62 bits per heavy atom. The number of ether oxygens (including phenoxy) is 1. The van der Waals surface area contributed by atoms with Crippen molar-refractivity contribution in [2.45, 2.75) is 46.2 Å². The summed E-state index contributed by atoms with van der Waals surface area (Å²) < 4.78 is 5.07. The molecule has 0 fully saturated rings. The normalized spacial score (nSPS) is 13.0. The molecule has 136 valence electrons. The second-order valence-electron chi connectivity index (χ2n) is 5.85. The van der Waals surface area contributed by atoms with Crippen molar-refractivity contribution in [3.8, 4) is 5.88 Å². The van der Waals surface area contributed by atoms with Gasteiger partial charge in [-0.25, -0.2) is 4.98 Å². The van der Waals surface area contributed by atoms with Crippen LogP contribution >= 0.6 is 0 Å². The number of nitrogens with one attached hydrogen (secondary N) is 2. The molecule has 1 aromatic heterocycles. The van der Waals surface area contributed by atoms with Crippen molar-refractivity contribution >= 4 is 5.96 Å². The SMILES string of the molecule is CCN(CC)CCCC(C)NC(=NC)NCc1ccc(OC)nc1. The maximum Gasteiger partial charge on any atom is 0.212 e. The Bertz CT molecular complexity index is 471. The molecule has 0 aromatic carbocycles. The van der Waals surface area contributed by atoms with Crippen LogP contribution in [-0.4, -0.2) is 55.7 Å². The molecule has 1 aromatic rings. The van der Waals surface area contributed by atoms with Crippen LogP contribution in [0.15, 0.2) is 23.3 Å². The molecule has 1 atom stereocenters. The molecule has 0 saturated heterocycles. The van der Waals surface area contributed by atoms with Gasteiger partial charge in [0.15, 0.2) is 5.96 Å². The Morgan fingerprint density at radius 2 is 2.08 bits per heavy atom. The second kappa shape index (κ2) is 11.7. The van der Waals surface area contributed by atoms with Gasteiger partial charge < -0.3 is 20.3 Å². The van der Waals surface area contributed by atoms with E-state index in [1.54, 1.807) is 14.2 Å². The van der Waals surface area contributed by atoms with Crippen LogP contribution < -0.4 is 15.4 Å². The van der Waals surface area contributed by atoms with Crippen LogP contribution in [0.3, 0.4) is 0 Å². The zero-order valence-corrected chi connectivity index (χ0v) is 15.8. The van der Waals surface area contributed by atoms with Gasteiger partial charge in [-0.2, -0.15) is 0 Å². The van der Waals surface area contributed by atoms with Gasteiger partial charge in [-0.3, -0.25) is 4.99 Å². The maximum absolute atomic E-state index is 5.07. The number of guanidine groups is 1. The summed E-state index contributed by atoms with van der Waals surface area (Å²) in [7, 11) is 3.41. The number of hydrogen-bond acceptors (Lipinski definition) is 4. The molecule has 2 N–H and O–H groups in total. The van der Waals surface area contributed by atoms with E-state index in [2.05, 4.69) is 46.3 Å². The molecule has 0 radical (unpaired) electrons. The summed E-state index contributed by atoms with van der Waals surface area (Å²) in [6.45, 7) is 10.7. The average molecular weight is 335 g/mol. The molecule has 1 rings (SSSR count). The predicted molar refractivity (Wildman–Crippen MR) is 101 cm³/mol. The van der Waals surface area contributed by atoms with E-state index in [-0.39, 0.29) is 0 Å². The smallest absolute Gasteiger partial charge is 0.212 e. The highest BCUT2D eigenvalue weighted by molar-refractivity contribution is 5.79. The molecule has 0 spiro atoms. The van der Waals surface area contributed by atoms with Gasteiger partial charge in [-0.05, 0) is 45.0 Å². The summed E-state index contributed by atoms with van der Waals surface area (Å²) in [4.78, 5) is 11.0. The molecule has 6 nitrogen and oxygen atoms in total. The lowest BCUT2D eigenvalue weighted by Gasteiger charge is -2.21. The van der Waals surface area contributed by atoms with E-state index in [1.807, 2.05) is 18.3 Å². The predicted octanol–water partition coefficient (Wildman–Crippen LogP) is 2.27. The van der Waals surface area contributed by atoms with E-state index in [1.165, 1.54) is 6.42 Å². The number of methoxy groups -OCH3 is 1. The summed E-state index contributed by atoms with van der Waals surface area (Å²) in [5, 5.41) is 6.77. The lowest BCUT2D eigenvalue weighted by Crippen LogP contribution is -2.42. The first kappa shape index (κ1) is 20.2. The summed E-state index contributed by atoms with van der Waals surface area (Å²) >= 11 is 0. The van der Waals surface area contributed by atoms with Crippen molar-refractivity contribution in [2.24, 2.45) is 4.99 Å². The van der Waals surface area contributed by atoms with Gasteiger partial charge in [0.25, 0.3) is 0 Å². The minimum atomic E-state index is 0.390. The molecule has 0 aliphatic heterocycles. The van der Waals surface area contributed by atoms with Gasteiger partial charge >= 0.3 is 0 Å². The fourth-order valence-electron chi connectivity index (χ4n) is 2.48. The lowest BCUT2D eigenvalue weighted by atomic mass is 10.2. The van der Waals surface area contributed by atoms with Crippen LogP contribution in [0.25, 0.3) is 0 Å². The van der Waals surface area contributed by atoms with E-state index in [4.69, 9.17) is 4.74 Å². The highest BCUT2D eigenvalue weighted by Gasteiger charge is 2.07. The minimum absolute atomic E-state index is 0.390. The van der Waals surface area contributed by atoms with Gasteiger partial charge in [0.05, 0.1) is 7.11 Å². The number of aliphatic imine (C=N–C) groups is 1. The molecular formula is C18H33N5O. The zero-order chi connectivity index (χ0) is 17.8. The van der Waals surface area contributed by atoms with Crippen LogP contribution in [0.5, 0.6) is 5.88 Å². The molecule has 1 unspecified atom stereocenters. The fraction of sp³-hybridized carbons (Fsp3) is 0.667. The molecule has 0 saturated carbocycles. The Morgan fingerprint density at radius 1 is 1.33 bits per heavy atom. The highest BCUT2D eigenvalue weighted by Crippen LogP contribution is 2.06. The van der Waals surface area contributed by atoms with Gasteiger partial charge in [0, 0.05) is 31.9 Å². The Balaban J connectivity index is 2.32. The first-order valence-electron chi connectivity index (χ1n) is 8.81. The first-order chi connectivity index (χ1) is 11.6. The van der Waals surface area contributed by atoms with E-state index >= 15 is 0 Å². The monoisotopic (exact) mass is 335 g/mol. The van der Waals surface area contributed by atoms with E-state index in [9.17, 15) is 0 Å². The maximum atomic E-state index is 5.07. The molecule has 0 aliphatic rings. The van der Waals surface area contributed by atoms with Crippen LogP contribution in [0.2, 0.25) is 0 Å². The number of aromatic nitrogens is 1. The highest BCUT2D eigenvalue weighted by atomic mass is 16.5. The zero-order valence-electron chi connectivity index (χ0n) is 15.8. The summed E-state index contributed by atoms with van der Waals surface area (Å²) in [5.41, 5.74) is 1.09. The fourth-order valence-corrected chi connectivity index (χ4v) is 2.48. The molecule has 1 heterocycles. The summed E-state index contributed by atoms with van der Waals surface area (Å²) in [5.74, 6) is 1.45. The van der Waals surface area contributed by atoms with Crippen molar-refractivity contribution in [1.29, 1.82) is 0 Å². The molecule has 0 amide bonds. The van der Waals surface area contributed by atoms with E-state index in [0.29, 0.717) is 18.5 Å². The van der Waals surface area contributed by atoms with Crippen LogP contribution in [0.4, 0.5) is 0 Å². The standard InChI is InChI=1S/C18H33N5O/c1-6-23(7-2)12-8-9-15(3)22-18(19-4)21-14-16-10-11-17(24-5)20-13-16/h10-11,13,15H,6-9,12,14H2,1-5H3,(H2,19,21,22). The van der Waals surface area contributed by atoms with Gasteiger partial charge in [0.2, 0.25) is 5.88 Å². The second-order valence-corrected chi connectivity index (χ2v) is 5.85. The lowest BCUT2D eigenvalue weighted by molar-refractivity contribution is 0.292. The third-order valence-electron chi connectivity index (χ3n) is 4.08. The Labute approximate surface area is 146 Å². The Kier molecular flexibility index (Phi) is 9.84. The van der Waals surface area contributed by atoms with Gasteiger partial charge in [-0.15, -0.1) is 0 Å². The quantitative estimate of drug-likeness (QED) is 0.507. The summed E-state index contributed by atoms with van der Waals surface area (Å²) in [6, 6.07) is 4.25. The van der Waals surface area contributed by atoms with Crippen molar-refractivity contribution in [2.75, 3.05) is 33.8 Å². The first-order valence-corrected chi connectivity index (χ1v) is 8.81. The topological polar surface area (TPSA) is 61.8 Å². The van der Waals surface area contributed by atoms with E-state index < -0.39 is 0 Å². The molecule has 6 heteroatoms. The molecule has 24 heavy (non-hydrogen) atoms. The van der Waals surface area contributed by atoms with Crippen molar-refractivity contribution in [3.63, 3.8) is 0 Å². The van der Waals surface area contributed by atoms with Crippen molar-refractivity contribution < 1.29 is 4.74 Å². The minimum Gasteiger partial charge on any atom is -0.481 e. The van der Waals surface area contributed by atoms with E-state index in [0.717, 1.165) is 37.6 Å². The molecule has 0 bridgehead atoms.